The van der Waals surface area contributed by atoms with Crippen molar-refractivity contribution >= 4 is 23.1 Å². The fourth-order valence-electron chi connectivity index (χ4n) is 3.87. The number of carbonyl (C=O) groups is 1. The van der Waals surface area contributed by atoms with Crippen LogP contribution in [0.5, 0.6) is 5.75 Å². The van der Waals surface area contributed by atoms with Gasteiger partial charge in [-0.3, -0.25) is 4.79 Å². The lowest BCUT2D eigenvalue weighted by Crippen LogP contribution is -2.16. The fraction of sp³-hybridized carbons (Fsp3) is 0.231. The van der Waals surface area contributed by atoms with Gasteiger partial charge in [-0.05, 0) is 82.1 Å². The molecule has 0 saturated carbocycles. The molecule has 32 heavy (non-hydrogen) atoms. The highest BCUT2D eigenvalue weighted by atomic mass is 16.5. The summed E-state index contributed by atoms with van der Waals surface area (Å²) >= 11 is 0. The van der Waals surface area contributed by atoms with Gasteiger partial charge >= 0.3 is 5.91 Å². The Kier molecular flexibility index (Phi) is 5.86. The molecule has 6 heteroatoms. The van der Waals surface area contributed by atoms with Crippen LogP contribution in [0.4, 0.5) is 0 Å². The first kappa shape index (κ1) is 21.4. The Hall–Kier alpha value is -3.80. The number of amides is 1. The molecule has 0 fully saturated rings. The number of ether oxygens (including phenoxy) is 1. The Balaban J connectivity index is 1.52. The maximum Gasteiger partial charge on any atom is 0.307 e. The van der Waals surface area contributed by atoms with Crippen molar-refractivity contribution in [1.82, 2.24) is 9.99 Å². The molecule has 0 aliphatic carbocycles. The monoisotopic (exact) mass is 429 g/mol. The van der Waals surface area contributed by atoms with Crippen LogP contribution >= 0.6 is 0 Å². The number of furan rings is 1. The van der Waals surface area contributed by atoms with Crippen molar-refractivity contribution in [3.05, 3.63) is 82.4 Å². The second-order valence-electron chi connectivity index (χ2n) is 7.82. The highest BCUT2D eigenvalue weighted by Gasteiger charge is 2.14. The predicted octanol–water partition coefficient (Wildman–Crippen LogP) is 5.62. The zero-order chi connectivity index (χ0) is 22.8. The molecule has 0 aliphatic rings. The minimum atomic E-state index is -0.404. The molecular formula is C26H27N3O3. The van der Waals surface area contributed by atoms with Crippen molar-refractivity contribution in [3.63, 3.8) is 0 Å². The van der Waals surface area contributed by atoms with Gasteiger partial charge < -0.3 is 13.7 Å². The Morgan fingerprint density at radius 2 is 1.94 bits per heavy atom. The summed E-state index contributed by atoms with van der Waals surface area (Å²) in [6, 6.07) is 15.5. The van der Waals surface area contributed by atoms with Crippen LogP contribution in [-0.4, -0.2) is 23.3 Å². The summed E-state index contributed by atoms with van der Waals surface area (Å²) in [4.78, 5) is 12.5. The van der Waals surface area contributed by atoms with Gasteiger partial charge in [-0.15, -0.1) is 0 Å². The van der Waals surface area contributed by atoms with Crippen molar-refractivity contribution in [2.24, 2.45) is 5.10 Å². The largest absolute Gasteiger partial charge is 0.494 e. The van der Waals surface area contributed by atoms with E-state index in [0.717, 1.165) is 33.8 Å². The number of aryl methyl sites for hydroxylation is 2. The summed E-state index contributed by atoms with van der Waals surface area (Å²) in [7, 11) is 0. The van der Waals surface area contributed by atoms with E-state index in [1.165, 1.54) is 11.1 Å². The van der Waals surface area contributed by atoms with Crippen LogP contribution in [0.15, 0.2) is 58.0 Å². The molecule has 0 radical (unpaired) electrons. The lowest BCUT2D eigenvalue weighted by molar-refractivity contribution is 0.0929. The number of benzene rings is 2. The molecule has 0 atom stereocenters. The summed E-state index contributed by atoms with van der Waals surface area (Å²) in [6.45, 7) is 10.9. The first-order valence-electron chi connectivity index (χ1n) is 10.6. The van der Waals surface area contributed by atoms with E-state index in [1.54, 1.807) is 18.3 Å². The average Bonchev–Trinajstić information content (AvgIpc) is 3.31. The smallest absolute Gasteiger partial charge is 0.307 e. The predicted molar refractivity (Wildman–Crippen MR) is 127 cm³/mol. The molecule has 2 heterocycles. The highest BCUT2D eigenvalue weighted by Crippen LogP contribution is 2.25. The number of nitrogens with zero attached hydrogens (tertiary/aromatic N) is 2. The number of rotatable bonds is 6. The summed E-state index contributed by atoms with van der Waals surface area (Å²) in [6.07, 6.45) is 1.66. The van der Waals surface area contributed by atoms with Crippen molar-refractivity contribution in [2.45, 2.75) is 34.6 Å². The minimum absolute atomic E-state index is 0.201. The number of hydrogen-bond acceptors (Lipinski definition) is 4. The zero-order valence-electron chi connectivity index (χ0n) is 19.0. The summed E-state index contributed by atoms with van der Waals surface area (Å²) in [5, 5.41) is 4.97. The molecule has 1 N–H and O–H groups in total. The number of hydrogen-bond donors (Lipinski definition) is 1. The van der Waals surface area contributed by atoms with Gasteiger partial charge in [0.15, 0.2) is 5.76 Å². The molecule has 0 unspecified atom stereocenters. The second kappa shape index (κ2) is 8.75. The molecule has 1 amide bonds. The average molecular weight is 430 g/mol. The molecular weight excluding hydrogens is 402 g/mol. The van der Waals surface area contributed by atoms with Gasteiger partial charge in [0.05, 0.1) is 12.8 Å². The molecule has 4 aromatic rings. The van der Waals surface area contributed by atoms with E-state index in [-0.39, 0.29) is 5.76 Å². The molecule has 0 spiro atoms. The Labute approximate surface area is 187 Å². The third-order valence-electron chi connectivity index (χ3n) is 5.68. The molecule has 4 rings (SSSR count). The second-order valence-corrected chi connectivity index (χ2v) is 7.82. The summed E-state index contributed by atoms with van der Waals surface area (Å²) in [5.74, 6) is 0.537. The van der Waals surface area contributed by atoms with Gasteiger partial charge in [0.1, 0.15) is 11.3 Å². The summed E-state index contributed by atoms with van der Waals surface area (Å²) < 4.78 is 13.4. The fourth-order valence-corrected chi connectivity index (χ4v) is 3.87. The van der Waals surface area contributed by atoms with Crippen LogP contribution in [0.2, 0.25) is 0 Å². The van der Waals surface area contributed by atoms with Crippen molar-refractivity contribution < 1.29 is 13.9 Å². The van der Waals surface area contributed by atoms with Crippen LogP contribution in [-0.2, 0) is 0 Å². The third-order valence-corrected chi connectivity index (χ3v) is 5.68. The first-order chi connectivity index (χ1) is 15.4. The van der Waals surface area contributed by atoms with Gasteiger partial charge in [0.25, 0.3) is 0 Å². The number of nitrogens with one attached hydrogen (secondary N) is 1. The molecule has 2 aromatic heterocycles. The number of hydrazone groups is 1. The molecule has 2 aromatic carbocycles. The first-order valence-corrected chi connectivity index (χ1v) is 10.6. The lowest BCUT2D eigenvalue weighted by atomic mass is 10.1. The topological polar surface area (TPSA) is 68.8 Å². The van der Waals surface area contributed by atoms with Crippen LogP contribution in [0, 0.1) is 27.7 Å². The van der Waals surface area contributed by atoms with Gasteiger partial charge in [-0.25, -0.2) is 5.43 Å². The van der Waals surface area contributed by atoms with E-state index in [9.17, 15) is 4.79 Å². The normalized spacial score (nSPS) is 11.4. The van der Waals surface area contributed by atoms with Gasteiger partial charge in [-0.1, -0.05) is 12.1 Å². The molecule has 0 saturated heterocycles. The van der Waals surface area contributed by atoms with Gasteiger partial charge in [-0.2, -0.15) is 5.10 Å². The Bertz CT molecular complexity index is 1330. The van der Waals surface area contributed by atoms with Crippen LogP contribution in [0.3, 0.4) is 0 Å². The van der Waals surface area contributed by atoms with Gasteiger partial charge in [0.2, 0.25) is 0 Å². The van der Waals surface area contributed by atoms with Crippen molar-refractivity contribution in [1.29, 1.82) is 0 Å². The van der Waals surface area contributed by atoms with Crippen molar-refractivity contribution in [3.8, 4) is 11.4 Å². The lowest BCUT2D eigenvalue weighted by Gasteiger charge is -2.14. The van der Waals surface area contributed by atoms with E-state index < -0.39 is 5.91 Å². The quantitative estimate of drug-likeness (QED) is 0.319. The van der Waals surface area contributed by atoms with E-state index >= 15 is 0 Å². The zero-order valence-corrected chi connectivity index (χ0v) is 19.0. The number of fused-ring (bicyclic) bond motifs is 1. The molecule has 6 nitrogen and oxygen atoms in total. The van der Waals surface area contributed by atoms with Gasteiger partial charge in [0, 0.05) is 28.0 Å². The highest BCUT2D eigenvalue weighted by molar-refractivity contribution is 5.97. The molecule has 0 bridgehead atoms. The van der Waals surface area contributed by atoms with E-state index in [4.69, 9.17) is 9.15 Å². The van der Waals surface area contributed by atoms with E-state index in [0.29, 0.717) is 12.2 Å². The standard InChI is InChI=1S/C26H27N3O3/c1-6-31-22-10-11-24-20(13-22)14-25(32-24)26(30)28-27-15-21-12-17(3)29(19(21)5)23-9-7-8-16(2)18(23)4/h7-15H,6H2,1-5H3,(H,28,30)/b27-15+. The van der Waals surface area contributed by atoms with E-state index in [1.807, 2.05) is 26.0 Å². The third kappa shape index (κ3) is 4.04. The minimum Gasteiger partial charge on any atom is -0.494 e. The maximum atomic E-state index is 12.5. The number of aromatic nitrogens is 1. The van der Waals surface area contributed by atoms with Crippen molar-refractivity contribution in [2.75, 3.05) is 6.61 Å². The Morgan fingerprint density at radius 3 is 2.72 bits per heavy atom. The summed E-state index contributed by atoms with van der Waals surface area (Å²) in [5.41, 5.74) is 9.92. The van der Waals surface area contributed by atoms with Crippen LogP contribution in [0.1, 0.15) is 45.6 Å². The number of carbonyl (C=O) groups excluding carboxylic acids is 1. The Morgan fingerprint density at radius 1 is 1.12 bits per heavy atom. The SMILES string of the molecule is CCOc1ccc2oc(C(=O)N/N=C/c3cc(C)n(-c4cccc(C)c4C)c3C)cc2c1. The van der Waals surface area contributed by atoms with Crippen LogP contribution < -0.4 is 10.2 Å². The van der Waals surface area contributed by atoms with Crippen LogP contribution in [0.25, 0.3) is 16.7 Å². The maximum absolute atomic E-state index is 12.5. The molecule has 164 valence electrons. The van der Waals surface area contributed by atoms with E-state index in [2.05, 4.69) is 60.1 Å². The molecule has 0 aliphatic heterocycles.